The molecule has 0 saturated carbocycles. The molecule has 6 nitrogen and oxygen atoms in total. The largest absolute Gasteiger partial charge is 0.507 e. The minimum Gasteiger partial charge on any atom is -0.507 e. The zero-order chi connectivity index (χ0) is 27.6. The van der Waals surface area contributed by atoms with Crippen LogP contribution < -0.4 is 14.5 Å². The molecule has 1 unspecified atom stereocenters. The SMILES string of the molecule is CCN(CC)c1ccc(C2/C(=C(/O)c3ccc(OC)c(Cl)c3)C(=O)C(=O)N2c2ccc(C(C)C)cc2)cc1. The van der Waals surface area contributed by atoms with Gasteiger partial charge in [-0.2, -0.15) is 0 Å². The van der Waals surface area contributed by atoms with E-state index < -0.39 is 17.7 Å². The molecule has 7 heteroatoms. The number of hydrogen-bond acceptors (Lipinski definition) is 5. The monoisotopic (exact) mass is 532 g/mol. The molecule has 1 fully saturated rings. The number of hydrogen-bond donors (Lipinski definition) is 1. The van der Waals surface area contributed by atoms with Crippen LogP contribution in [0, 0.1) is 0 Å². The van der Waals surface area contributed by atoms with Crippen LogP contribution in [0.4, 0.5) is 11.4 Å². The van der Waals surface area contributed by atoms with Crippen molar-refractivity contribution in [2.45, 2.75) is 39.7 Å². The first-order valence-electron chi connectivity index (χ1n) is 12.8. The molecule has 0 radical (unpaired) electrons. The molecule has 0 bridgehead atoms. The van der Waals surface area contributed by atoms with Gasteiger partial charge in [0.2, 0.25) is 0 Å². The van der Waals surface area contributed by atoms with E-state index in [4.69, 9.17) is 16.3 Å². The minimum atomic E-state index is -0.813. The first-order chi connectivity index (χ1) is 18.2. The summed E-state index contributed by atoms with van der Waals surface area (Å²) >= 11 is 6.31. The number of methoxy groups -OCH3 is 1. The average Bonchev–Trinajstić information content (AvgIpc) is 3.19. The van der Waals surface area contributed by atoms with Gasteiger partial charge in [-0.1, -0.05) is 49.7 Å². The zero-order valence-electron chi connectivity index (χ0n) is 22.4. The number of Topliss-reactive ketones (excluding diaryl/α,β-unsaturated/α-hetero) is 1. The Morgan fingerprint density at radius 3 is 2.16 bits per heavy atom. The number of ether oxygens (including phenoxy) is 1. The van der Waals surface area contributed by atoms with Crippen LogP contribution in [0.2, 0.25) is 5.02 Å². The van der Waals surface area contributed by atoms with Gasteiger partial charge in [-0.05, 0) is 73.4 Å². The van der Waals surface area contributed by atoms with Crippen LogP contribution in [0.1, 0.15) is 56.3 Å². The van der Waals surface area contributed by atoms with Crippen LogP contribution in [0.15, 0.2) is 72.3 Å². The lowest BCUT2D eigenvalue weighted by Gasteiger charge is -2.27. The molecule has 1 atom stereocenters. The van der Waals surface area contributed by atoms with Crippen molar-refractivity contribution in [1.29, 1.82) is 0 Å². The Morgan fingerprint density at radius 1 is 1.00 bits per heavy atom. The average molecular weight is 533 g/mol. The highest BCUT2D eigenvalue weighted by Gasteiger charge is 2.47. The van der Waals surface area contributed by atoms with E-state index in [1.54, 1.807) is 12.1 Å². The molecule has 1 aliphatic rings. The van der Waals surface area contributed by atoms with E-state index in [0.29, 0.717) is 28.5 Å². The number of ketones is 1. The molecule has 0 aromatic heterocycles. The molecular formula is C31H33ClN2O4. The van der Waals surface area contributed by atoms with E-state index in [1.807, 2.05) is 48.5 Å². The third-order valence-electron chi connectivity index (χ3n) is 7.04. The second-order valence-electron chi connectivity index (χ2n) is 9.53. The summed E-state index contributed by atoms with van der Waals surface area (Å²) in [5.41, 5.74) is 3.81. The molecular weight excluding hydrogens is 500 g/mol. The van der Waals surface area contributed by atoms with Gasteiger partial charge in [0.25, 0.3) is 11.7 Å². The van der Waals surface area contributed by atoms with Crippen LogP contribution in [0.3, 0.4) is 0 Å². The molecule has 1 saturated heterocycles. The van der Waals surface area contributed by atoms with Crippen LogP contribution in [-0.2, 0) is 9.59 Å². The number of halogens is 1. The molecule has 38 heavy (non-hydrogen) atoms. The third-order valence-corrected chi connectivity index (χ3v) is 7.34. The Morgan fingerprint density at radius 2 is 1.63 bits per heavy atom. The maximum Gasteiger partial charge on any atom is 0.300 e. The highest BCUT2D eigenvalue weighted by molar-refractivity contribution is 6.51. The maximum absolute atomic E-state index is 13.5. The normalized spacial score (nSPS) is 16.8. The molecule has 1 N–H and O–H groups in total. The number of aliphatic hydroxyl groups is 1. The van der Waals surface area contributed by atoms with Gasteiger partial charge in [-0.15, -0.1) is 0 Å². The fourth-order valence-electron chi connectivity index (χ4n) is 4.86. The van der Waals surface area contributed by atoms with Crippen molar-refractivity contribution in [3.8, 4) is 5.75 Å². The van der Waals surface area contributed by atoms with E-state index in [1.165, 1.54) is 18.1 Å². The molecule has 3 aromatic carbocycles. The number of carbonyl (C=O) groups is 2. The summed E-state index contributed by atoms with van der Waals surface area (Å²) in [5.74, 6) is -0.964. The summed E-state index contributed by atoms with van der Waals surface area (Å²) in [7, 11) is 1.50. The summed E-state index contributed by atoms with van der Waals surface area (Å²) < 4.78 is 5.22. The topological polar surface area (TPSA) is 70.1 Å². The predicted octanol–water partition coefficient (Wildman–Crippen LogP) is 6.94. The summed E-state index contributed by atoms with van der Waals surface area (Å²) in [4.78, 5) is 30.6. The zero-order valence-corrected chi connectivity index (χ0v) is 23.1. The second-order valence-corrected chi connectivity index (χ2v) is 9.94. The van der Waals surface area contributed by atoms with Gasteiger partial charge in [0, 0.05) is 30.0 Å². The van der Waals surface area contributed by atoms with Gasteiger partial charge in [-0.3, -0.25) is 14.5 Å². The molecule has 3 aromatic rings. The molecule has 198 valence electrons. The lowest BCUT2D eigenvalue weighted by Crippen LogP contribution is -2.29. The van der Waals surface area contributed by atoms with Gasteiger partial charge in [-0.25, -0.2) is 0 Å². The van der Waals surface area contributed by atoms with Crippen molar-refractivity contribution in [1.82, 2.24) is 0 Å². The summed E-state index contributed by atoms with van der Waals surface area (Å²) in [6, 6.07) is 19.4. The Balaban J connectivity index is 1.89. The Kier molecular flexibility index (Phi) is 8.12. The number of amides is 1. The van der Waals surface area contributed by atoms with Gasteiger partial charge >= 0.3 is 0 Å². The summed E-state index contributed by atoms with van der Waals surface area (Å²) in [6.07, 6.45) is 0. The highest BCUT2D eigenvalue weighted by atomic mass is 35.5. The Labute approximate surface area is 229 Å². The fraction of sp³-hybridized carbons (Fsp3) is 0.290. The van der Waals surface area contributed by atoms with Crippen molar-refractivity contribution < 1.29 is 19.4 Å². The van der Waals surface area contributed by atoms with Crippen molar-refractivity contribution in [3.63, 3.8) is 0 Å². The van der Waals surface area contributed by atoms with Crippen molar-refractivity contribution in [2.24, 2.45) is 0 Å². The van der Waals surface area contributed by atoms with E-state index >= 15 is 0 Å². The summed E-state index contributed by atoms with van der Waals surface area (Å²) in [6.45, 7) is 10.1. The Hall–Kier alpha value is -3.77. The molecule has 0 aliphatic carbocycles. The van der Waals surface area contributed by atoms with Crippen LogP contribution in [0.5, 0.6) is 5.75 Å². The molecule has 1 aliphatic heterocycles. The van der Waals surface area contributed by atoms with Crippen LogP contribution in [0.25, 0.3) is 5.76 Å². The first-order valence-corrected chi connectivity index (χ1v) is 13.2. The molecule has 0 spiro atoms. The molecule has 1 amide bonds. The number of rotatable bonds is 8. The van der Waals surface area contributed by atoms with Gasteiger partial charge in [0.1, 0.15) is 11.5 Å². The molecule has 4 rings (SSSR count). The standard InChI is InChI=1S/C31H33ClN2O4/c1-6-33(7-2)23-13-10-21(11-14-23)28-27(29(35)22-12-17-26(38-5)25(32)18-22)30(36)31(37)34(28)24-15-8-20(9-16-24)19(3)4/h8-19,28,35H,6-7H2,1-5H3/b29-27-. The minimum absolute atomic E-state index is 0.0137. The van der Waals surface area contributed by atoms with Gasteiger partial charge < -0.3 is 14.7 Å². The van der Waals surface area contributed by atoms with Gasteiger partial charge in [0.15, 0.2) is 0 Å². The Bertz CT molecular complexity index is 1360. The van der Waals surface area contributed by atoms with E-state index in [0.717, 1.165) is 24.3 Å². The van der Waals surface area contributed by atoms with E-state index in [2.05, 4.69) is 32.6 Å². The number of nitrogens with zero attached hydrogens (tertiary/aromatic N) is 2. The number of anilines is 2. The lowest BCUT2D eigenvalue weighted by atomic mass is 9.94. The van der Waals surface area contributed by atoms with E-state index in [9.17, 15) is 14.7 Å². The third kappa shape index (κ3) is 5.01. The fourth-order valence-corrected chi connectivity index (χ4v) is 5.12. The van der Waals surface area contributed by atoms with Crippen molar-refractivity contribution in [2.75, 3.05) is 30.0 Å². The smallest absolute Gasteiger partial charge is 0.300 e. The van der Waals surface area contributed by atoms with Crippen molar-refractivity contribution >= 4 is 40.4 Å². The number of aliphatic hydroxyl groups excluding tert-OH is 1. The highest BCUT2D eigenvalue weighted by Crippen LogP contribution is 2.43. The van der Waals surface area contributed by atoms with Crippen molar-refractivity contribution in [3.05, 3.63) is 94.0 Å². The predicted molar refractivity (Wildman–Crippen MR) is 153 cm³/mol. The van der Waals surface area contributed by atoms with Gasteiger partial charge in [0.05, 0.1) is 23.7 Å². The number of carbonyl (C=O) groups excluding carboxylic acids is 2. The lowest BCUT2D eigenvalue weighted by molar-refractivity contribution is -0.132. The quantitative estimate of drug-likeness (QED) is 0.193. The first kappa shape index (κ1) is 27.3. The van der Waals surface area contributed by atoms with Crippen LogP contribution >= 0.6 is 11.6 Å². The van der Waals surface area contributed by atoms with E-state index in [-0.39, 0.29) is 16.4 Å². The summed E-state index contributed by atoms with van der Waals surface area (Å²) in [5, 5.41) is 11.7. The maximum atomic E-state index is 13.5. The van der Waals surface area contributed by atoms with Crippen LogP contribution in [-0.4, -0.2) is 37.0 Å². The second kappa shape index (κ2) is 11.3. The number of benzene rings is 3. The molecule has 1 heterocycles.